The van der Waals surface area contributed by atoms with Crippen LogP contribution in [0.3, 0.4) is 0 Å². The summed E-state index contributed by atoms with van der Waals surface area (Å²) in [5.41, 5.74) is 1.60. The molecule has 0 aliphatic carbocycles. The van der Waals surface area contributed by atoms with E-state index in [1.165, 1.54) is 57.8 Å². The van der Waals surface area contributed by atoms with Crippen molar-refractivity contribution < 1.29 is 4.79 Å². The van der Waals surface area contributed by atoms with Gasteiger partial charge in [0.2, 0.25) is 5.91 Å². The molecular weight excluding hydrogens is 228 g/mol. The van der Waals surface area contributed by atoms with Crippen LogP contribution >= 0.6 is 0 Å². The zero-order chi connectivity index (χ0) is 13.5. The van der Waals surface area contributed by atoms with Crippen LogP contribution in [0, 0.1) is 5.21 Å². The first-order valence-corrected chi connectivity index (χ1v) is 7.43. The van der Waals surface area contributed by atoms with Gasteiger partial charge in [-0.3, -0.25) is 4.79 Å². The lowest BCUT2D eigenvalue weighted by molar-refractivity contribution is -0.120. The Hall–Kier alpha value is -0.610. The maximum Gasteiger partial charge on any atom is 0.233 e. The molecule has 0 saturated carbocycles. The van der Waals surface area contributed by atoms with Crippen molar-refractivity contribution in [1.82, 2.24) is 10.8 Å². The maximum atomic E-state index is 10.9. The highest BCUT2D eigenvalue weighted by atomic mass is 16.5. The van der Waals surface area contributed by atoms with E-state index >= 15 is 0 Å². The Bertz CT molecular complexity index is 187. The van der Waals surface area contributed by atoms with Crippen LogP contribution in [0.25, 0.3) is 0 Å². The molecule has 0 aromatic heterocycles. The van der Waals surface area contributed by atoms with Gasteiger partial charge in [0.05, 0.1) is 6.54 Å². The predicted molar refractivity (Wildman–Crippen MR) is 76.2 cm³/mol. The minimum atomic E-state index is -0.207. The number of hydrogen-bond donors (Lipinski definition) is 2. The fourth-order valence-corrected chi connectivity index (χ4v) is 1.97. The molecular formula is C14H29N2O2-. The van der Waals surface area contributed by atoms with Crippen molar-refractivity contribution in [2.45, 2.75) is 71.1 Å². The summed E-state index contributed by atoms with van der Waals surface area (Å²) in [6.45, 7) is 2.81. The molecule has 0 bridgehead atoms. The predicted octanol–water partition coefficient (Wildman–Crippen LogP) is 3.11. The molecule has 0 heterocycles. The second kappa shape index (κ2) is 14.5. The van der Waals surface area contributed by atoms with Crippen molar-refractivity contribution >= 4 is 5.91 Å². The van der Waals surface area contributed by atoms with E-state index in [9.17, 15) is 10.0 Å². The third-order valence-electron chi connectivity index (χ3n) is 3.09. The highest BCUT2D eigenvalue weighted by Gasteiger charge is 1.96. The Kier molecular flexibility index (Phi) is 14.0. The van der Waals surface area contributed by atoms with Crippen LogP contribution in [0.15, 0.2) is 0 Å². The first-order chi connectivity index (χ1) is 8.81. The van der Waals surface area contributed by atoms with Gasteiger partial charge in [-0.25, -0.2) is 0 Å². The van der Waals surface area contributed by atoms with Gasteiger partial charge in [0, 0.05) is 6.54 Å². The summed E-state index contributed by atoms with van der Waals surface area (Å²) in [4.78, 5) is 10.9. The normalized spacial score (nSPS) is 10.6. The third-order valence-corrected chi connectivity index (χ3v) is 3.09. The van der Waals surface area contributed by atoms with E-state index in [0.29, 0.717) is 6.54 Å². The van der Waals surface area contributed by atoms with Crippen LogP contribution in [-0.4, -0.2) is 19.0 Å². The lowest BCUT2D eigenvalue weighted by Crippen LogP contribution is -2.32. The number of hydroxylamine groups is 1. The average Bonchev–Trinajstić information content (AvgIpc) is 2.36. The molecule has 108 valence electrons. The summed E-state index contributed by atoms with van der Waals surface area (Å²) in [7, 11) is 0. The van der Waals surface area contributed by atoms with Gasteiger partial charge in [0.15, 0.2) is 0 Å². The molecule has 0 fully saturated rings. The summed E-state index contributed by atoms with van der Waals surface area (Å²) in [5, 5.41) is 12.6. The summed E-state index contributed by atoms with van der Waals surface area (Å²) < 4.78 is 0. The first-order valence-electron chi connectivity index (χ1n) is 7.43. The number of rotatable bonds is 13. The molecule has 0 rings (SSSR count). The monoisotopic (exact) mass is 257 g/mol. The van der Waals surface area contributed by atoms with Crippen molar-refractivity contribution in [3.63, 3.8) is 0 Å². The van der Waals surface area contributed by atoms with E-state index in [1.807, 2.05) is 0 Å². The Morgan fingerprint density at radius 2 is 1.39 bits per heavy atom. The minimum absolute atomic E-state index is 0.127. The average molecular weight is 257 g/mol. The SMILES string of the molecule is CCCCCCCCCCCCNC(=O)CN[O-]. The maximum absolute atomic E-state index is 10.9. The van der Waals surface area contributed by atoms with E-state index in [0.717, 1.165) is 6.42 Å². The molecule has 0 aliphatic heterocycles. The zero-order valence-corrected chi connectivity index (χ0v) is 11.8. The Balaban J connectivity index is 3.01. The quantitative estimate of drug-likeness (QED) is 0.393. The molecule has 0 radical (unpaired) electrons. The van der Waals surface area contributed by atoms with Crippen LogP contribution in [0.4, 0.5) is 0 Å². The summed E-state index contributed by atoms with van der Waals surface area (Å²) in [5.74, 6) is -0.207. The second-order valence-electron chi connectivity index (χ2n) is 4.85. The van der Waals surface area contributed by atoms with Crippen LogP contribution in [-0.2, 0) is 4.79 Å². The number of unbranched alkanes of at least 4 members (excludes halogenated alkanes) is 9. The Morgan fingerprint density at radius 3 is 1.89 bits per heavy atom. The molecule has 0 atom stereocenters. The summed E-state index contributed by atoms with van der Waals surface area (Å²) in [6, 6.07) is 0. The van der Waals surface area contributed by atoms with Crippen molar-refractivity contribution in [3.8, 4) is 0 Å². The molecule has 0 aromatic rings. The largest absolute Gasteiger partial charge is 0.787 e. The van der Waals surface area contributed by atoms with Gasteiger partial charge in [-0.1, -0.05) is 64.7 Å². The van der Waals surface area contributed by atoms with Crippen molar-refractivity contribution in [2.24, 2.45) is 0 Å². The molecule has 18 heavy (non-hydrogen) atoms. The lowest BCUT2D eigenvalue weighted by Gasteiger charge is -2.08. The topological polar surface area (TPSA) is 64.2 Å². The smallest absolute Gasteiger partial charge is 0.233 e. The molecule has 0 aliphatic rings. The summed E-state index contributed by atoms with van der Waals surface area (Å²) >= 11 is 0. The number of hydrogen-bond acceptors (Lipinski definition) is 3. The second-order valence-corrected chi connectivity index (χ2v) is 4.85. The van der Waals surface area contributed by atoms with Gasteiger partial charge < -0.3 is 16.0 Å². The molecule has 0 aromatic carbocycles. The highest BCUT2D eigenvalue weighted by molar-refractivity contribution is 5.77. The molecule has 0 saturated heterocycles. The number of nitrogens with one attached hydrogen (secondary N) is 2. The Labute approximate surface area is 111 Å². The van der Waals surface area contributed by atoms with Crippen molar-refractivity contribution in [2.75, 3.05) is 13.1 Å². The van der Waals surface area contributed by atoms with Gasteiger partial charge in [-0.2, -0.15) is 0 Å². The van der Waals surface area contributed by atoms with Crippen LogP contribution in [0.5, 0.6) is 0 Å². The fourth-order valence-electron chi connectivity index (χ4n) is 1.97. The number of carbonyl (C=O) groups is 1. The van der Waals surface area contributed by atoms with Gasteiger partial charge in [-0.15, -0.1) is 0 Å². The first kappa shape index (κ1) is 17.4. The van der Waals surface area contributed by atoms with E-state index in [4.69, 9.17) is 0 Å². The van der Waals surface area contributed by atoms with Crippen molar-refractivity contribution in [1.29, 1.82) is 0 Å². The van der Waals surface area contributed by atoms with Gasteiger partial charge >= 0.3 is 0 Å². The molecule has 2 N–H and O–H groups in total. The zero-order valence-electron chi connectivity index (χ0n) is 11.8. The van der Waals surface area contributed by atoms with Crippen LogP contribution in [0.1, 0.15) is 71.1 Å². The van der Waals surface area contributed by atoms with E-state index < -0.39 is 0 Å². The van der Waals surface area contributed by atoms with Gasteiger partial charge in [-0.05, 0) is 6.42 Å². The van der Waals surface area contributed by atoms with E-state index in [2.05, 4.69) is 12.2 Å². The molecule has 4 nitrogen and oxygen atoms in total. The van der Waals surface area contributed by atoms with Crippen LogP contribution in [0.2, 0.25) is 0 Å². The number of amides is 1. The lowest BCUT2D eigenvalue weighted by atomic mass is 10.1. The molecule has 0 unspecified atom stereocenters. The minimum Gasteiger partial charge on any atom is -0.787 e. The molecule has 4 heteroatoms. The van der Waals surface area contributed by atoms with Crippen molar-refractivity contribution in [3.05, 3.63) is 5.21 Å². The van der Waals surface area contributed by atoms with Gasteiger partial charge in [0.25, 0.3) is 0 Å². The van der Waals surface area contributed by atoms with Crippen LogP contribution < -0.4 is 10.8 Å². The fraction of sp³-hybridized carbons (Fsp3) is 0.929. The highest BCUT2D eigenvalue weighted by Crippen LogP contribution is 2.10. The van der Waals surface area contributed by atoms with E-state index in [1.54, 1.807) is 5.48 Å². The van der Waals surface area contributed by atoms with E-state index in [-0.39, 0.29) is 12.5 Å². The third kappa shape index (κ3) is 13.5. The van der Waals surface area contributed by atoms with Gasteiger partial charge in [0.1, 0.15) is 0 Å². The number of carbonyl (C=O) groups excluding carboxylic acids is 1. The summed E-state index contributed by atoms with van der Waals surface area (Å²) in [6.07, 6.45) is 12.9. The molecule has 0 spiro atoms. The molecule has 1 amide bonds. The Morgan fingerprint density at radius 1 is 0.889 bits per heavy atom. The standard InChI is InChI=1S/C14H29N2O2/c1-2-3-4-5-6-7-8-9-10-11-12-15-14(17)13-16-18/h16H,2-13H2,1H3,(H,15,17)/q-1.